The summed E-state index contributed by atoms with van der Waals surface area (Å²) in [7, 11) is 3.12. The summed E-state index contributed by atoms with van der Waals surface area (Å²) in [5.74, 6) is 0.512. The first-order chi connectivity index (χ1) is 11.8. The molecule has 0 aromatic heterocycles. The van der Waals surface area contributed by atoms with Crippen molar-refractivity contribution < 1.29 is 14.5 Å². The lowest BCUT2D eigenvalue weighted by Gasteiger charge is -2.25. The number of ether oxygens (including phenoxy) is 1. The number of nitro groups is 1. The highest BCUT2D eigenvalue weighted by Crippen LogP contribution is 2.28. The van der Waals surface area contributed by atoms with Gasteiger partial charge >= 0.3 is 6.03 Å². The molecular formula is C17H18ClN3O4. The maximum atomic E-state index is 12.4. The van der Waals surface area contributed by atoms with E-state index in [4.69, 9.17) is 16.3 Å². The van der Waals surface area contributed by atoms with Crippen molar-refractivity contribution in [3.8, 4) is 5.75 Å². The Bertz CT molecular complexity index is 797. The second-order valence-electron chi connectivity index (χ2n) is 5.42. The number of methoxy groups -OCH3 is 1. The van der Waals surface area contributed by atoms with Gasteiger partial charge in [-0.05, 0) is 30.7 Å². The third-order valence-electron chi connectivity index (χ3n) is 3.87. The normalized spacial score (nSPS) is 11.5. The standard InChI is InChI=1S/C17H18ClN3O4/c1-11(12-5-4-6-14(9-12)21(23)24)20(2)17(22)19-13-7-8-16(25-3)15(18)10-13/h4-11H,1-3H3,(H,19,22). The van der Waals surface area contributed by atoms with Gasteiger partial charge in [-0.25, -0.2) is 4.79 Å². The van der Waals surface area contributed by atoms with Gasteiger partial charge in [0, 0.05) is 24.9 Å². The summed E-state index contributed by atoms with van der Waals surface area (Å²) in [6, 6.07) is 10.4. The Morgan fingerprint density at radius 3 is 2.64 bits per heavy atom. The van der Waals surface area contributed by atoms with Crippen LogP contribution in [0.2, 0.25) is 5.02 Å². The number of hydrogen-bond donors (Lipinski definition) is 1. The lowest BCUT2D eigenvalue weighted by atomic mass is 10.1. The van der Waals surface area contributed by atoms with Crippen LogP contribution in [0.1, 0.15) is 18.5 Å². The number of halogens is 1. The topological polar surface area (TPSA) is 84.7 Å². The predicted molar refractivity (Wildman–Crippen MR) is 96.3 cm³/mol. The number of carbonyl (C=O) groups excluding carboxylic acids is 1. The zero-order valence-corrected chi connectivity index (χ0v) is 14.8. The number of amides is 2. The number of non-ortho nitro benzene ring substituents is 1. The summed E-state index contributed by atoms with van der Waals surface area (Å²) < 4.78 is 5.07. The van der Waals surface area contributed by atoms with Crippen LogP contribution in [0.3, 0.4) is 0 Å². The van der Waals surface area contributed by atoms with E-state index in [1.165, 1.54) is 24.1 Å². The van der Waals surface area contributed by atoms with Crippen LogP contribution >= 0.6 is 11.6 Å². The molecule has 2 rings (SSSR count). The Labute approximate surface area is 150 Å². The highest BCUT2D eigenvalue weighted by atomic mass is 35.5. The van der Waals surface area contributed by atoms with E-state index in [2.05, 4.69) is 5.32 Å². The van der Waals surface area contributed by atoms with E-state index in [1.54, 1.807) is 44.3 Å². The van der Waals surface area contributed by atoms with Crippen LogP contribution in [0.25, 0.3) is 0 Å². The van der Waals surface area contributed by atoms with Gasteiger partial charge in [-0.2, -0.15) is 0 Å². The minimum atomic E-state index is -0.463. The fourth-order valence-corrected chi connectivity index (χ4v) is 2.51. The number of carbonyl (C=O) groups is 1. The van der Waals surface area contributed by atoms with Gasteiger partial charge in [0.25, 0.3) is 5.69 Å². The van der Waals surface area contributed by atoms with Gasteiger partial charge < -0.3 is 15.0 Å². The number of urea groups is 1. The number of anilines is 1. The first-order valence-electron chi connectivity index (χ1n) is 7.45. The molecule has 1 N–H and O–H groups in total. The van der Waals surface area contributed by atoms with Gasteiger partial charge in [-0.1, -0.05) is 23.7 Å². The molecule has 8 heteroatoms. The third kappa shape index (κ3) is 4.39. The molecule has 1 unspecified atom stereocenters. The number of benzene rings is 2. The maximum Gasteiger partial charge on any atom is 0.322 e. The van der Waals surface area contributed by atoms with Crippen molar-refractivity contribution in [1.82, 2.24) is 4.90 Å². The number of nitrogens with zero attached hydrogens (tertiary/aromatic N) is 2. The molecular weight excluding hydrogens is 346 g/mol. The number of nitrogens with one attached hydrogen (secondary N) is 1. The van der Waals surface area contributed by atoms with E-state index in [0.717, 1.165) is 0 Å². The monoisotopic (exact) mass is 363 g/mol. The number of hydrogen-bond acceptors (Lipinski definition) is 4. The second-order valence-corrected chi connectivity index (χ2v) is 5.83. The van der Waals surface area contributed by atoms with Gasteiger partial charge in [0.1, 0.15) is 5.75 Å². The Hall–Kier alpha value is -2.80. The second kappa shape index (κ2) is 7.85. The van der Waals surface area contributed by atoms with Crippen LogP contribution in [-0.2, 0) is 0 Å². The van der Waals surface area contributed by atoms with Crippen molar-refractivity contribution in [3.63, 3.8) is 0 Å². The lowest BCUT2D eigenvalue weighted by molar-refractivity contribution is -0.384. The summed E-state index contributed by atoms with van der Waals surface area (Å²) in [6.07, 6.45) is 0. The summed E-state index contributed by atoms with van der Waals surface area (Å²) in [4.78, 5) is 24.3. The van der Waals surface area contributed by atoms with Crippen LogP contribution in [0.5, 0.6) is 5.75 Å². The molecule has 25 heavy (non-hydrogen) atoms. The van der Waals surface area contributed by atoms with Crippen LogP contribution in [0.15, 0.2) is 42.5 Å². The van der Waals surface area contributed by atoms with Gasteiger partial charge in [0.05, 0.1) is 23.1 Å². The molecule has 0 aliphatic heterocycles. The quantitative estimate of drug-likeness (QED) is 0.626. The molecule has 0 radical (unpaired) electrons. The van der Waals surface area contributed by atoms with Crippen molar-refractivity contribution in [2.75, 3.05) is 19.5 Å². The smallest absolute Gasteiger partial charge is 0.322 e. The molecule has 2 amide bonds. The highest BCUT2D eigenvalue weighted by molar-refractivity contribution is 6.32. The van der Waals surface area contributed by atoms with Crippen molar-refractivity contribution in [3.05, 3.63) is 63.2 Å². The number of rotatable bonds is 5. The van der Waals surface area contributed by atoms with E-state index in [9.17, 15) is 14.9 Å². The molecule has 0 aliphatic rings. The third-order valence-corrected chi connectivity index (χ3v) is 4.16. The van der Waals surface area contributed by atoms with E-state index < -0.39 is 4.92 Å². The lowest BCUT2D eigenvalue weighted by Crippen LogP contribution is -2.33. The molecule has 7 nitrogen and oxygen atoms in total. The molecule has 0 bridgehead atoms. The fourth-order valence-electron chi connectivity index (χ4n) is 2.25. The molecule has 2 aromatic carbocycles. The Kier molecular flexibility index (Phi) is 5.82. The molecule has 0 saturated heterocycles. The molecule has 2 aromatic rings. The highest BCUT2D eigenvalue weighted by Gasteiger charge is 2.19. The molecule has 0 fully saturated rings. The van der Waals surface area contributed by atoms with E-state index in [1.807, 2.05) is 0 Å². The minimum Gasteiger partial charge on any atom is -0.495 e. The van der Waals surface area contributed by atoms with Gasteiger partial charge in [-0.3, -0.25) is 10.1 Å². The average Bonchev–Trinajstić information content (AvgIpc) is 2.60. The summed E-state index contributed by atoms with van der Waals surface area (Å²) in [5, 5.41) is 14.0. The SMILES string of the molecule is COc1ccc(NC(=O)N(C)C(C)c2cccc([N+](=O)[O-])c2)cc1Cl. The molecule has 132 valence electrons. The minimum absolute atomic E-state index is 0.0138. The first-order valence-corrected chi connectivity index (χ1v) is 7.83. The van der Waals surface area contributed by atoms with E-state index in [-0.39, 0.29) is 17.8 Å². The Balaban J connectivity index is 2.12. The molecule has 1 atom stereocenters. The largest absolute Gasteiger partial charge is 0.495 e. The fraction of sp³-hybridized carbons (Fsp3) is 0.235. The van der Waals surface area contributed by atoms with Crippen LogP contribution in [-0.4, -0.2) is 30.0 Å². The molecule has 0 saturated carbocycles. The first kappa shape index (κ1) is 18.5. The summed E-state index contributed by atoms with van der Waals surface area (Å²) in [6.45, 7) is 1.79. The molecule has 0 aliphatic carbocycles. The zero-order chi connectivity index (χ0) is 18.6. The van der Waals surface area contributed by atoms with E-state index in [0.29, 0.717) is 22.0 Å². The van der Waals surface area contributed by atoms with Gasteiger partial charge in [-0.15, -0.1) is 0 Å². The maximum absolute atomic E-state index is 12.4. The number of nitro benzene ring substituents is 1. The molecule has 0 spiro atoms. The van der Waals surface area contributed by atoms with Crippen LogP contribution in [0, 0.1) is 10.1 Å². The van der Waals surface area contributed by atoms with Gasteiger partial charge in [0.15, 0.2) is 0 Å². The molecule has 0 heterocycles. The Morgan fingerprint density at radius 1 is 1.32 bits per heavy atom. The summed E-state index contributed by atoms with van der Waals surface area (Å²) >= 11 is 6.04. The Morgan fingerprint density at radius 2 is 2.04 bits per heavy atom. The van der Waals surface area contributed by atoms with Crippen molar-refractivity contribution >= 4 is 29.0 Å². The average molecular weight is 364 g/mol. The summed E-state index contributed by atoms with van der Waals surface area (Å²) in [5.41, 5.74) is 1.17. The van der Waals surface area contributed by atoms with Crippen LogP contribution in [0.4, 0.5) is 16.2 Å². The van der Waals surface area contributed by atoms with Crippen molar-refractivity contribution in [2.24, 2.45) is 0 Å². The van der Waals surface area contributed by atoms with Crippen molar-refractivity contribution in [1.29, 1.82) is 0 Å². The van der Waals surface area contributed by atoms with Gasteiger partial charge in [0.2, 0.25) is 0 Å². The van der Waals surface area contributed by atoms with Crippen LogP contribution < -0.4 is 10.1 Å². The predicted octanol–water partition coefficient (Wildman–Crippen LogP) is 4.48. The van der Waals surface area contributed by atoms with Crippen molar-refractivity contribution in [2.45, 2.75) is 13.0 Å². The zero-order valence-electron chi connectivity index (χ0n) is 14.0. The van der Waals surface area contributed by atoms with E-state index >= 15 is 0 Å².